The third-order valence-electron chi connectivity index (χ3n) is 30.4. The highest BCUT2D eigenvalue weighted by molar-refractivity contribution is 7.26. The van der Waals surface area contributed by atoms with Crippen LogP contribution in [0.4, 0.5) is 0 Å². The van der Waals surface area contributed by atoms with Crippen LogP contribution < -0.4 is 0 Å². The molecule has 0 unspecified atom stereocenters. The maximum atomic E-state index is 6.45. The van der Waals surface area contributed by atoms with E-state index in [1.54, 1.807) is 11.3 Å². The zero-order valence-electron chi connectivity index (χ0n) is 80.8. The molecule has 13 nitrogen and oxygen atoms in total. The van der Waals surface area contributed by atoms with E-state index in [0.717, 1.165) is 94.2 Å². The summed E-state index contributed by atoms with van der Waals surface area (Å²) < 4.78 is 15.8. The van der Waals surface area contributed by atoms with Crippen molar-refractivity contribution in [3.05, 3.63) is 470 Å². The number of furan rings is 1. The van der Waals surface area contributed by atoms with Gasteiger partial charge in [-0.15, -0.1) is 11.3 Å². The van der Waals surface area contributed by atoms with Crippen LogP contribution >= 0.6 is 11.3 Å². The van der Waals surface area contributed by atoms with E-state index >= 15 is 0 Å². The van der Waals surface area contributed by atoms with Gasteiger partial charge >= 0.3 is 0 Å². The maximum Gasteiger partial charge on any atom is 0.238 e. The first-order chi connectivity index (χ1) is 71.6. The van der Waals surface area contributed by atoms with Crippen molar-refractivity contribution in [1.82, 2.24) is 58.6 Å². The Hall–Kier alpha value is -18.4. The van der Waals surface area contributed by atoms with Crippen molar-refractivity contribution in [3.8, 4) is 142 Å². The summed E-state index contributed by atoms with van der Waals surface area (Å²) in [6.07, 6.45) is 0. The second kappa shape index (κ2) is 33.4. The monoisotopic (exact) mass is 1890 g/mol. The molecule has 14 heteroatoms. The number of hydrogen-bond acceptors (Lipinski definition) is 11. The predicted octanol–water partition coefficient (Wildman–Crippen LogP) is 33.4. The third kappa shape index (κ3) is 13.7. The second-order valence-corrected chi connectivity index (χ2v) is 40.9. The maximum absolute atomic E-state index is 6.45. The van der Waals surface area contributed by atoms with Crippen LogP contribution in [0.25, 0.3) is 249 Å². The molecule has 0 spiro atoms. The second-order valence-electron chi connectivity index (χ2n) is 39.8. The largest absolute Gasteiger partial charge is 0.455 e. The number of rotatable bonds is 11. The number of benzene rings is 19. The molecule has 19 aromatic carbocycles. The van der Waals surface area contributed by atoms with Crippen LogP contribution in [0.5, 0.6) is 0 Å². The van der Waals surface area contributed by atoms with Gasteiger partial charge in [-0.2, -0.15) is 19.9 Å². The molecule has 0 radical (unpaired) electrons. The van der Waals surface area contributed by atoms with E-state index in [9.17, 15) is 0 Å². The number of fused-ring (bicyclic) bond motifs is 24. The molecule has 0 amide bonds. The van der Waals surface area contributed by atoms with Crippen molar-refractivity contribution in [3.63, 3.8) is 0 Å². The fraction of sp³-hybridized carbons (Fsp3) is 0.0682. The number of hydrogen-bond donors (Lipinski definition) is 0. The molecule has 690 valence electrons. The fourth-order valence-electron chi connectivity index (χ4n) is 23.2. The topological polar surface area (TPSA) is 144 Å². The number of para-hydroxylation sites is 4. The van der Waals surface area contributed by atoms with Gasteiger partial charge in [0.05, 0.1) is 38.7 Å². The molecule has 30 rings (SSSR count). The highest BCUT2D eigenvalue weighted by Crippen LogP contribution is 2.56. The summed E-state index contributed by atoms with van der Waals surface area (Å²) in [6, 6.07) is 154. The summed E-state index contributed by atoms with van der Waals surface area (Å²) >= 11 is 1.79. The van der Waals surface area contributed by atoms with Crippen molar-refractivity contribution >= 4 is 119 Å². The average molecular weight is 1890 g/mol. The summed E-state index contributed by atoms with van der Waals surface area (Å²) in [7, 11) is 0. The lowest BCUT2D eigenvalue weighted by Gasteiger charge is -2.21. The van der Waals surface area contributed by atoms with Gasteiger partial charge in [-0.25, -0.2) is 24.9 Å². The number of nitrogens with zero attached hydrogens (tertiary/aromatic N) is 12. The summed E-state index contributed by atoms with van der Waals surface area (Å²) in [6.45, 7) is 14.0. The Bertz CT molecular complexity index is 9620. The molecule has 3 aliphatic carbocycles. The van der Waals surface area contributed by atoms with Gasteiger partial charge in [-0.1, -0.05) is 387 Å². The quantitative estimate of drug-likeness (QED) is 0.123. The van der Waals surface area contributed by atoms with Crippen LogP contribution in [0.1, 0.15) is 74.9 Å². The molecule has 8 aromatic heterocycles. The van der Waals surface area contributed by atoms with Crippen molar-refractivity contribution < 1.29 is 4.42 Å². The normalized spacial score (nSPS) is 13.3. The Morgan fingerprint density at radius 3 is 1.04 bits per heavy atom. The average Bonchev–Trinajstić information content (AvgIpc) is 1.55. The van der Waals surface area contributed by atoms with Crippen molar-refractivity contribution in [2.75, 3.05) is 0 Å². The highest BCUT2D eigenvalue weighted by Gasteiger charge is 2.41. The van der Waals surface area contributed by atoms with Gasteiger partial charge in [0, 0.05) is 119 Å². The third-order valence-corrected chi connectivity index (χ3v) is 31.6. The lowest BCUT2D eigenvalue weighted by Crippen LogP contribution is -2.14. The van der Waals surface area contributed by atoms with Gasteiger partial charge in [0.15, 0.2) is 40.8 Å². The fourth-order valence-corrected chi connectivity index (χ4v) is 24.4. The van der Waals surface area contributed by atoms with Crippen LogP contribution in [-0.4, -0.2) is 58.6 Å². The molecule has 146 heavy (non-hydrogen) atoms. The summed E-state index contributed by atoms with van der Waals surface area (Å²) in [5.41, 5.74) is 33.8. The minimum absolute atomic E-state index is 0.0902. The van der Waals surface area contributed by atoms with E-state index in [-0.39, 0.29) is 16.2 Å². The van der Waals surface area contributed by atoms with E-state index in [4.69, 9.17) is 49.3 Å². The predicted molar refractivity (Wildman–Crippen MR) is 599 cm³/mol. The van der Waals surface area contributed by atoms with Gasteiger partial charge in [-0.3, -0.25) is 9.13 Å². The van der Waals surface area contributed by atoms with E-state index in [2.05, 4.69) is 352 Å². The van der Waals surface area contributed by atoms with Crippen molar-refractivity contribution in [2.24, 2.45) is 0 Å². The minimum atomic E-state index is -0.102. The molecule has 0 bridgehead atoms. The Balaban J connectivity index is 0.000000106. The smallest absolute Gasteiger partial charge is 0.238 e. The van der Waals surface area contributed by atoms with Crippen molar-refractivity contribution in [2.45, 2.75) is 57.8 Å². The Labute approximate surface area is 845 Å². The molecule has 3 aliphatic rings. The Morgan fingerprint density at radius 1 is 0.199 bits per heavy atom. The zero-order valence-corrected chi connectivity index (χ0v) is 81.6. The van der Waals surface area contributed by atoms with E-state index in [1.807, 2.05) is 140 Å². The summed E-state index contributed by atoms with van der Waals surface area (Å²) in [4.78, 5) is 46.2. The molecule has 0 saturated carbocycles. The molecule has 0 aliphatic heterocycles. The first kappa shape index (κ1) is 85.6. The van der Waals surface area contributed by atoms with E-state index in [0.29, 0.717) is 52.7 Å². The van der Waals surface area contributed by atoms with Gasteiger partial charge < -0.3 is 8.98 Å². The van der Waals surface area contributed by atoms with Crippen LogP contribution in [0.15, 0.2) is 441 Å². The molecule has 0 N–H and O–H groups in total. The molecule has 0 saturated heterocycles. The highest BCUT2D eigenvalue weighted by atomic mass is 32.1. The Morgan fingerprint density at radius 2 is 0.541 bits per heavy atom. The SMILES string of the molecule is CC1(C)c2ccccc2-c2cc3c(cc21)c1ccc(-c2ccccc2)cc1n3-c1cccc(-c2nc(-c3ccccc3)nc(-c3ccccc3)n2)c1.CC1(C)c2ccccc2-c2cc3c(cc21)c1ccccc1n3-c1nc(-c2ccccc2)nc(-c2cccc3c2oc2ccccc23)n1.CC1(C)c2ccccc2-c2cc3c(cc21)c1ccccc1n3-c1nc(-c2ccccc2)nc(-c2cccc3c2sc2ccccc23)n1. The first-order valence-corrected chi connectivity index (χ1v) is 50.5. The number of thiophene rings is 1. The number of aromatic nitrogens is 12. The lowest BCUT2D eigenvalue weighted by molar-refractivity contribution is 0.661. The molecule has 0 atom stereocenters. The summed E-state index contributed by atoms with van der Waals surface area (Å²) in [5, 5.41) is 11.8. The molecule has 8 heterocycles. The van der Waals surface area contributed by atoms with Gasteiger partial charge in [0.1, 0.15) is 11.2 Å². The minimum Gasteiger partial charge on any atom is -0.455 e. The standard InChI is InChI=1S/C48H34N4.C42H28N4O.C42H28N4S/c1-48(2)41-24-13-12-23-37(41)39-30-44-40(29-42(39)48)38-26-25-34(31-15-6-3-7-16-31)28-43(38)52(44)36-22-14-21-35(27-36)47-50-45(32-17-8-4-9-18-32)49-46(51-47)33-19-10-5-11-20-33;2*1-42(2)33-20-9-6-15-26(33)31-24-36-32(23-34(31)42)27-16-7-10-21-35(27)46(36)41-44-39(25-13-4-3-5-14-25)43-40(45-41)30-19-12-18-29-28-17-8-11-22-37(28)47-38(29)30/h3-30H,1-2H3;2*3-24H,1-2H3. The van der Waals surface area contributed by atoms with Crippen LogP contribution in [0.2, 0.25) is 0 Å². The Kier molecular flexibility index (Phi) is 19.6. The van der Waals surface area contributed by atoms with Gasteiger partial charge in [-0.05, 0) is 169 Å². The van der Waals surface area contributed by atoms with Crippen LogP contribution in [-0.2, 0) is 16.2 Å². The van der Waals surface area contributed by atoms with Gasteiger partial charge in [0.2, 0.25) is 11.9 Å². The molecular weight excluding hydrogens is 1800 g/mol. The van der Waals surface area contributed by atoms with Gasteiger partial charge in [0.25, 0.3) is 0 Å². The van der Waals surface area contributed by atoms with Crippen LogP contribution in [0.3, 0.4) is 0 Å². The van der Waals surface area contributed by atoms with E-state index in [1.165, 1.54) is 136 Å². The zero-order chi connectivity index (χ0) is 97.4. The van der Waals surface area contributed by atoms with Crippen LogP contribution in [0, 0.1) is 0 Å². The molecule has 27 aromatic rings. The molecular formula is C132H90N12OS. The molecule has 0 fully saturated rings. The first-order valence-electron chi connectivity index (χ1n) is 49.7. The summed E-state index contributed by atoms with van der Waals surface area (Å²) in [5.74, 6) is 5.62. The lowest BCUT2D eigenvalue weighted by atomic mass is 9.82. The van der Waals surface area contributed by atoms with Crippen molar-refractivity contribution in [1.29, 1.82) is 0 Å². The van der Waals surface area contributed by atoms with E-state index < -0.39 is 0 Å².